The SMILES string of the molecule is CCCCC(=O)OCc1ccccc1F. The van der Waals surface area contributed by atoms with Gasteiger partial charge in [-0.3, -0.25) is 4.79 Å². The smallest absolute Gasteiger partial charge is 0.306 e. The Morgan fingerprint density at radius 1 is 1.40 bits per heavy atom. The molecule has 15 heavy (non-hydrogen) atoms. The van der Waals surface area contributed by atoms with Gasteiger partial charge in [-0.05, 0) is 12.5 Å². The zero-order valence-corrected chi connectivity index (χ0v) is 8.83. The second kappa shape index (κ2) is 6.17. The summed E-state index contributed by atoms with van der Waals surface area (Å²) >= 11 is 0. The van der Waals surface area contributed by atoms with E-state index in [-0.39, 0.29) is 18.4 Å². The lowest BCUT2D eigenvalue weighted by Crippen LogP contribution is -2.05. The van der Waals surface area contributed by atoms with E-state index in [0.717, 1.165) is 12.8 Å². The molecule has 0 spiro atoms. The van der Waals surface area contributed by atoms with Gasteiger partial charge in [0.05, 0.1) is 0 Å². The third kappa shape index (κ3) is 4.11. The average molecular weight is 210 g/mol. The van der Waals surface area contributed by atoms with Crippen LogP contribution in [-0.2, 0) is 16.1 Å². The number of esters is 1. The number of benzene rings is 1. The Hall–Kier alpha value is -1.38. The van der Waals surface area contributed by atoms with Crippen molar-refractivity contribution in [3.05, 3.63) is 35.6 Å². The Bertz CT molecular complexity index is 323. The normalized spacial score (nSPS) is 10.0. The van der Waals surface area contributed by atoms with E-state index >= 15 is 0 Å². The molecule has 1 rings (SSSR count). The summed E-state index contributed by atoms with van der Waals surface area (Å²) in [4.78, 5) is 11.1. The molecule has 0 unspecified atom stereocenters. The number of ether oxygens (including phenoxy) is 1. The number of carbonyl (C=O) groups excluding carboxylic acids is 1. The van der Waals surface area contributed by atoms with Gasteiger partial charge in [0, 0.05) is 12.0 Å². The van der Waals surface area contributed by atoms with Crippen LogP contribution in [0.5, 0.6) is 0 Å². The van der Waals surface area contributed by atoms with Crippen molar-refractivity contribution in [3.63, 3.8) is 0 Å². The van der Waals surface area contributed by atoms with E-state index in [1.165, 1.54) is 6.07 Å². The highest BCUT2D eigenvalue weighted by Crippen LogP contribution is 2.08. The molecule has 0 aliphatic heterocycles. The standard InChI is InChI=1S/C12H15FO2/c1-2-3-8-12(14)15-9-10-6-4-5-7-11(10)13/h4-7H,2-3,8-9H2,1H3. The van der Waals surface area contributed by atoms with Crippen molar-refractivity contribution in [2.24, 2.45) is 0 Å². The average Bonchev–Trinajstić information content (AvgIpc) is 2.25. The van der Waals surface area contributed by atoms with Crippen LogP contribution in [0.3, 0.4) is 0 Å². The van der Waals surface area contributed by atoms with E-state index in [2.05, 4.69) is 0 Å². The first-order valence-corrected chi connectivity index (χ1v) is 5.13. The van der Waals surface area contributed by atoms with Crippen molar-refractivity contribution in [2.45, 2.75) is 32.8 Å². The highest BCUT2D eigenvalue weighted by molar-refractivity contribution is 5.69. The second-order valence-electron chi connectivity index (χ2n) is 3.36. The summed E-state index contributed by atoms with van der Waals surface area (Å²) < 4.78 is 18.0. The number of halogens is 1. The first kappa shape index (κ1) is 11.7. The molecule has 0 radical (unpaired) electrons. The van der Waals surface area contributed by atoms with Gasteiger partial charge < -0.3 is 4.74 Å². The Labute approximate surface area is 89.1 Å². The molecule has 0 aromatic heterocycles. The van der Waals surface area contributed by atoms with Gasteiger partial charge >= 0.3 is 5.97 Å². The van der Waals surface area contributed by atoms with Gasteiger partial charge in [-0.15, -0.1) is 0 Å². The second-order valence-corrected chi connectivity index (χ2v) is 3.36. The number of rotatable bonds is 5. The van der Waals surface area contributed by atoms with Crippen LogP contribution < -0.4 is 0 Å². The van der Waals surface area contributed by atoms with Crippen LogP contribution in [0.25, 0.3) is 0 Å². The van der Waals surface area contributed by atoms with Gasteiger partial charge in [-0.2, -0.15) is 0 Å². The molecule has 82 valence electrons. The lowest BCUT2D eigenvalue weighted by Gasteiger charge is -2.04. The summed E-state index contributed by atoms with van der Waals surface area (Å²) in [6.07, 6.45) is 2.18. The van der Waals surface area contributed by atoms with Crippen molar-refractivity contribution in [1.29, 1.82) is 0 Å². The molecule has 0 saturated carbocycles. The van der Waals surface area contributed by atoms with E-state index in [4.69, 9.17) is 4.74 Å². The van der Waals surface area contributed by atoms with Gasteiger partial charge in [-0.1, -0.05) is 31.5 Å². The molecule has 0 saturated heterocycles. The molecule has 1 aromatic rings. The summed E-state index contributed by atoms with van der Waals surface area (Å²) in [5.41, 5.74) is 0.419. The van der Waals surface area contributed by atoms with E-state index < -0.39 is 0 Å². The predicted octanol–water partition coefficient (Wildman–Crippen LogP) is 3.06. The fourth-order valence-corrected chi connectivity index (χ4v) is 1.17. The first-order chi connectivity index (χ1) is 7.24. The number of unbranched alkanes of at least 4 members (excludes halogenated alkanes) is 1. The van der Waals surface area contributed by atoms with Gasteiger partial charge in [-0.25, -0.2) is 4.39 Å². The molecule has 0 bridgehead atoms. The van der Waals surface area contributed by atoms with Crippen LogP contribution in [0.1, 0.15) is 31.7 Å². The molecule has 0 amide bonds. The molecule has 0 N–H and O–H groups in total. The quantitative estimate of drug-likeness (QED) is 0.698. The molecule has 0 atom stereocenters. The lowest BCUT2D eigenvalue weighted by atomic mass is 10.2. The van der Waals surface area contributed by atoms with Crippen LogP contribution in [-0.4, -0.2) is 5.97 Å². The molecule has 0 aliphatic rings. The van der Waals surface area contributed by atoms with Crippen LogP contribution in [0.15, 0.2) is 24.3 Å². The zero-order chi connectivity index (χ0) is 11.1. The monoisotopic (exact) mass is 210 g/mol. The molecule has 0 aliphatic carbocycles. The number of hydrogen-bond donors (Lipinski definition) is 0. The minimum atomic E-state index is -0.333. The van der Waals surface area contributed by atoms with Crippen molar-refractivity contribution in [1.82, 2.24) is 0 Å². The summed E-state index contributed by atoms with van der Waals surface area (Å²) in [6.45, 7) is 2.03. The topological polar surface area (TPSA) is 26.3 Å². The third-order valence-electron chi connectivity index (χ3n) is 2.08. The van der Waals surface area contributed by atoms with Gasteiger partial charge in [0.15, 0.2) is 0 Å². The Kier molecular flexibility index (Phi) is 4.81. The molecule has 2 nitrogen and oxygen atoms in total. The first-order valence-electron chi connectivity index (χ1n) is 5.13. The Morgan fingerprint density at radius 2 is 2.13 bits per heavy atom. The third-order valence-corrected chi connectivity index (χ3v) is 2.08. The Morgan fingerprint density at radius 3 is 2.80 bits per heavy atom. The fraction of sp³-hybridized carbons (Fsp3) is 0.417. The summed E-state index contributed by atoms with van der Waals surface area (Å²) in [5, 5.41) is 0. The fourth-order valence-electron chi connectivity index (χ4n) is 1.17. The Balaban J connectivity index is 2.37. The number of carbonyl (C=O) groups is 1. The maximum Gasteiger partial charge on any atom is 0.306 e. The number of hydrogen-bond acceptors (Lipinski definition) is 2. The van der Waals surface area contributed by atoms with Gasteiger partial charge in [0.1, 0.15) is 12.4 Å². The van der Waals surface area contributed by atoms with Crippen LogP contribution in [0.4, 0.5) is 4.39 Å². The van der Waals surface area contributed by atoms with Crippen molar-refractivity contribution >= 4 is 5.97 Å². The minimum Gasteiger partial charge on any atom is -0.461 e. The van der Waals surface area contributed by atoms with Crippen molar-refractivity contribution < 1.29 is 13.9 Å². The molecule has 1 aromatic carbocycles. The van der Waals surface area contributed by atoms with Crippen LogP contribution in [0, 0.1) is 5.82 Å². The van der Waals surface area contributed by atoms with Crippen LogP contribution in [0.2, 0.25) is 0 Å². The molecular weight excluding hydrogens is 195 g/mol. The molecule has 0 fully saturated rings. The van der Waals surface area contributed by atoms with Crippen molar-refractivity contribution in [3.8, 4) is 0 Å². The predicted molar refractivity (Wildman–Crippen MR) is 55.7 cm³/mol. The highest BCUT2D eigenvalue weighted by Gasteiger charge is 2.05. The van der Waals surface area contributed by atoms with E-state index in [1.54, 1.807) is 18.2 Å². The van der Waals surface area contributed by atoms with Gasteiger partial charge in [0.2, 0.25) is 0 Å². The lowest BCUT2D eigenvalue weighted by molar-refractivity contribution is -0.145. The molecule has 0 heterocycles. The van der Waals surface area contributed by atoms with Crippen LogP contribution >= 0.6 is 0 Å². The molecular formula is C12H15FO2. The maximum absolute atomic E-state index is 13.1. The van der Waals surface area contributed by atoms with E-state index in [0.29, 0.717) is 12.0 Å². The minimum absolute atomic E-state index is 0.0230. The zero-order valence-electron chi connectivity index (χ0n) is 8.83. The van der Waals surface area contributed by atoms with Gasteiger partial charge in [0.25, 0.3) is 0 Å². The van der Waals surface area contributed by atoms with E-state index in [9.17, 15) is 9.18 Å². The summed E-state index contributed by atoms with van der Waals surface area (Å²) in [6, 6.07) is 6.30. The largest absolute Gasteiger partial charge is 0.461 e. The highest BCUT2D eigenvalue weighted by atomic mass is 19.1. The molecule has 3 heteroatoms. The summed E-state index contributed by atoms with van der Waals surface area (Å²) in [5.74, 6) is -0.596. The maximum atomic E-state index is 13.1. The summed E-state index contributed by atoms with van der Waals surface area (Å²) in [7, 11) is 0. The van der Waals surface area contributed by atoms with Crippen molar-refractivity contribution in [2.75, 3.05) is 0 Å². The van der Waals surface area contributed by atoms with E-state index in [1.807, 2.05) is 6.92 Å².